The van der Waals surface area contributed by atoms with Crippen molar-refractivity contribution in [2.75, 3.05) is 26.9 Å². The van der Waals surface area contributed by atoms with E-state index in [4.69, 9.17) is 13.9 Å². The van der Waals surface area contributed by atoms with Crippen LogP contribution in [0.2, 0.25) is 0 Å². The number of fused-ring (bicyclic) bond motifs is 1. The van der Waals surface area contributed by atoms with E-state index in [2.05, 4.69) is 0 Å². The lowest BCUT2D eigenvalue weighted by Crippen LogP contribution is -2.47. The molecule has 0 saturated carbocycles. The first-order valence-corrected chi connectivity index (χ1v) is 7.10. The van der Waals surface area contributed by atoms with Gasteiger partial charge in [-0.1, -0.05) is 0 Å². The normalized spacial score (nSPS) is 19.0. The third-order valence-electron chi connectivity index (χ3n) is 3.89. The SMILES string of the molecule is COc1ccc2c(CC(=O)N3CCOC[C@@H]3C)coc2c1. The van der Waals surface area contributed by atoms with Crippen LogP contribution in [0.5, 0.6) is 5.75 Å². The van der Waals surface area contributed by atoms with E-state index < -0.39 is 0 Å². The molecule has 2 heterocycles. The number of methoxy groups -OCH3 is 1. The van der Waals surface area contributed by atoms with Crippen molar-refractivity contribution >= 4 is 16.9 Å². The monoisotopic (exact) mass is 289 g/mol. The highest BCUT2D eigenvalue weighted by molar-refractivity contribution is 5.88. The summed E-state index contributed by atoms with van der Waals surface area (Å²) < 4.78 is 16.1. The predicted molar refractivity (Wildman–Crippen MR) is 78.5 cm³/mol. The van der Waals surface area contributed by atoms with Crippen LogP contribution < -0.4 is 4.74 Å². The summed E-state index contributed by atoms with van der Waals surface area (Å²) in [4.78, 5) is 14.3. The van der Waals surface area contributed by atoms with E-state index >= 15 is 0 Å². The summed E-state index contributed by atoms with van der Waals surface area (Å²) in [5.41, 5.74) is 1.66. The lowest BCUT2D eigenvalue weighted by atomic mass is 10.1. The van der Waals surface area contributed by atoms with Crippen LogP contribution in [-0.2, 0) is 16.0 Å². The van der Waals surface area contributed by atoms with Gasteiger partial charge in [0.2, 0.25) is 5.91 Å². The first-order chi connectivity index (χ1) is 10.2. The number of benzene rings is 1. The van der Waals surface area contributed by atoms with Crippen LogP contribution in [0.3, 0.4) is 0 Å². The van der Waals surface area contributed by atoms with E-state index in [0.717, 1.165) is 22.3 Å². The van der Waals surface area contributed by atoms with Crippen molar-refractivity contribution in [3.63, 3.8) is 0 Å². The van der Waals surface area contributed by atoms with Crippen molar-refractivity contribution in [1.29, 1.82) is 0 Å². The van der Waals surface area contributed by atoms with E-state index in [-0.39, 0.29) is 11.9 Å². The summed E-state index contributed by atoms with van der Waals surface area (Å²) in [6.07, 6.45) is 2.01. The molecule has 1 saturated heterocycles. The second-order valence-corrected chi connectivity index (χ2v) is 5.31. The standard InChI is InChI=1S/C16H19NO4/c1-11-9-20-6-5-17(11)16(18)7-12-10-21-15-8-13(19-2)3-4-14(12)15/h3-4,8,10-11H,5-7,9H2,1-2H3/t11-/m0/s1. The maximum atomic E-state index is 12.4. The Labute approximate surface area is 123 Å². The zero-order chi connectivity index (χ0) is 14.8. The Balaban J connectivity index is 1.79. The molecule has 1 amide bonds. The summed E-state index contributed by atoms with van der Waals surface area (Å²) >= 11 is 0. The number of carbonyl (C=O) groups is 1. The molecule has 1 fully saturated rings. The van der Waals surface area contributed by atoms with Gasteiger partial charge >= 0.3 is 0 Å². The van der Waals surface area contributed by atoms with E-state index in [1.54, 1.807) is 13.4 Å². The number of hydrogen-bond acceptors (Lipinski definition) is 4. The van der Waals surface area contributed by atoms with Crippen LogP contribution in [-0.4, -0.2) is 43.7 Å². The average Bonchev–Trinajstić information content (AvgIpc) is 2.89. The highest BCUT2D eigenvalue weighted by Crippen LogP contribution is 2.26. The highest BCUT2D eigenvalue weighted by Gasteiger charge is 2.24. The molecule has 1 aliphatic heterocycles. The van der Waals surface area contributed by atoms with E-state index in [1.807, 2.05) is 30.0 Å². The van der Waals surface area contributed by atoms with E-state index in [0.29, 0.717) is 26.2 Å². The first-order valence-electron chi connectivity index (χ1n) is 7.10. The number of rotatable bonds is 3. The summed E-state index contributed by atoms with van der Waals surface area (Å²) in [5, 5.41) is 0.963. The molecule has 5 heteroatoms. The van der Waals surface area contributed by atoms with Crippen LogP contribution in [0.25, 0.3) is 11.0 Å². The second kappa shape index (κ2) is 5.77. The quantitative estimate of drug-likeness (QED) is 0.869. The zero-order valence-corrected chi connectivity index (χ0v) is 12.3. The maximum absolute atomic E-state index is 12.4. The van der Waals surface area contributed by atoms with Crippen molar-refractivity contribution < 1.29 is 18.7 Å². The molecule has 112 valence electrons. The predicted octanol–water partition coefficient (Wildman–Crippen LogP) is 2.23. The molecule has 0 unspecified atom stereocenters. The molecule has 0 N–H and O–H groups in total. The molecular weight excluding hydrogens is 270 g/mol. The molecule has 0 radical (unpaired) electrons. The number of hydrogen-bond donors (Lipinski definition) is 0. The summed E-state index contributed by atoms with van der Waals surface area (Å²) in [6, 6.07) is 5.77. The van der Waals surface area contributed by atoms with Crippen LogP contribution in [0.1, 0.15) is 12.5 Å². The molecular formula is C16H19NO4. The Kier molecular flexibility index (Phi) is 3.84. The fraction of sp³-hybridized carbons (Fsp3) is 0.438. The minimum atomic E-state index is 0.115. The van der Waals surface area contributed by atoms with Crippen LogP contribution in [0, 0.1) is 0 Å². The zero-order valence-electron chi connectivity index (χ0n) is 12.3. The van der Waals surface area contributed by atoms with Gasteiger partial charge in [-0.25, -0.2) is 0 Å². The lowest BCUT2D eigenvalue weighted by Gasteiger charge is -2.33. The highest BCUT2D eigenvalue weighted by atomic mass is 16.5. The topological polar surface area (TPSA) is 51.9 Å². The van der Waals surface area contributed by atoms with E-state index in [9.17, 15) is 4.79 Å². The van der Waals surface area contributed by atoms with Crippen molar-refractivity contribution in [1.82, 2.24) is 4.90 Å². The van der Waals surface area contributed by atoms with Crippen LogP contribution in [0.4, 0.5) is 0 Å². The minimum absolute atomic E-state index is 0.115. The molecule has 0 spiro atoms. The molecule has 1 aromatic carbocycles. The molecule has 3 rings (SSSR count). The van der Waals surface area contributed by atoms with Gasteiger partial charge in [-0.2, -0.15) is 0 Å². The molecule has 0 aliphatic carbocycles. The second-order valence-electron chi connectivity index (χ2n) is 5.31. The van der Waals surface area contributed by atoms with E-state index in [1.165, 1.54) is 0 Å². The summed E-state index contributed by atoms with van der Waals surface area (Å²) in [5.74, 6) is 0.862. The van der Waals surface area contributed by atoms with Crippen molar-refractivity contribution in [2.24, 2.45) is 0 Å². The number of morpholine rings is 1. The number of carbonyl (C=O) groups excluding carboxylic acids is 1. The van der Waals surface area contributed by atoms with Crippen LogP contribution in [0.15, 0.2) is 28.9 Å². The Hall–Kier alpha value is -2.01. The Morgan fingerprint density at radius 1 is 1.48 bits per heavy atom. The maximum Gasteiger partial charge on any atom is 0.227 e. The number of amides is 1. The molecule has 21 heavy (non-hydrogen) atoms. The van der Waals surface area contributed by atoms with Gasteiger partial charge in [-0.3, -0.25) is 4.79 Å². The molecule has 5 nitrogen and oxygen atoms in total. The summed E-state index contributed by atoms with van der Waals surface area (Å²) in [6.45, 7) is 3.88. The van der Waals surface area contributed by atoms with Crippen molar-refractivity contribution in [3.8, 4) is 5.75 Å². The Morgan fingerprint density at radius 2 is 2.33 bits per heavy atom. The van der Waals surface area contributed by atoms with Gasteiger partial charge < -0.3 is 18.8 Å². The van der Waals surface area contributed by atoms with Gasteiger partial charge in [0.05, 0.1) is 39.0 Å². The fourth-order valence-corrected chi connectivity index (χ4v) is 2.69. The number of nitrogens with zero attached hydrogens (tertiary/aromatic N) is 1. The van der Waals surface area contributed by atoms with Gasteiger partial charge in [0.1, 0.15) is 11.3 Å². The van der Waals surface area contributed by atoms with Gasteiger partial charge in [0.15, 0.2) is 0 Å². The largest absolute Gasteiger partial charge is 0.497 e. The van der Waals surface area contributed by atoms with Gasteiger partial charge in [0.25, 0.3) is 0 Å². The van der Waals surface area contributed by atoms with Crippen molar-refractivity contribution in [2.45, 2.75) is 19.4 Å². The Morgan fingerprint density at radius 3 is 3.10 bits per heavy atom. The first kappa shape index (κ1) is 13.9. The average molecular weight is 289 g/mol. The molecule has 0 bridgehead atoms. The summed E-state index contributed by atoms with van der Waals surface area (Å²) in [7, 11) is 1.62. The van der Waals surface area contributed by atoms with Crippen molar-refractivity contribution in [3.05, 3.63) is 30.0 Å². The fourth-order valence-electron chi connectivity index (χ4n) is 2.69. The van der Waals surface area contributed by atoms with Gasteiger partial charge in [0, 0.05) is 23.6 Å². The third-order valence-corrected chi connectivity index (χ3v) is 3.89. The molecule has 1 atom stereocenters. The number of furan rings is 1. The molecule has 1 aromatic heterocycles. The van der Waals surface area contributed by atoms with Gasteiger partial charge in [-0.15, -0.1) is 0 Å². The number of ether oxygens (including phenoxy) is 2. The smallest absolute Gasteiger partial charge is 0.227 e. The molecule has 1 aliphatic rings. The lowest BCUT2D eigenvalue weighted by molar-refractivity contribution is -0.138. The third kappa shape index (κ3) is 2.74. The van der Waals surface area contributed by atoms with Crippen LogP contribution >= 0.6 is 0 Å². The Bertz CT molecular complexity index is 649. The minimum Gasteiger partial charge on any atom is -0.497 e. The molecule has 2 aromatic rings. The van der Waals surface area contributed by atoms with Gasteiger partial charge in [-0.05, 0) is 19.1 Å².